The van der Waals surface area contributed by atoms with Crippen molar-refractivity contribution in [3.8, 4) is 0 Å². The number of aromatic nitrogens is 1. The Bertz CT molecular complexity index is 689. The van der Waals surface area contributed by atoms with Gasteiger partial charge in [0.2, 0.25) is 0 Å². The molecular formula is C18H22N3O3+. The number of amides is 1. The van der Waals surface area contributed by atoms with Gasteiger partial charge in [-0.3, -0.25) is 9.59 Å². The van der Waals surface area contributed by atoms with Gasteiger partial charge in [-0.15, -0.1) is 0 Å². The number of aryl methyl sites for hydroxylation is 1. The van der Waals surface area contributed by atoms with E-state index >= 15 is 0 Å². The Balaban J connectivity index is 1.70. The van der Waals surface area contributed by atoms with Crippen LogP contribution in [0.25, 0.3) is 0 Å². The number of ether oxygens (including phenoxy) is 1. The number of hydrogen-bond donors (Lipinski definition) is 2. The zero-order valence-electron chi connectivity index (χ0n) is 13.6. The predicted octanol–water partition coefficient (Wildman–Crippen LogP) is 0.354. The molecule has 1 heterocycles. The normalized spacial score (nSPS) is 11.6. The van der Waals surface area contributed by atoms with Crippen LogP contribution in [-0.2, 0) is 23.0 Å². The standard InChI is InChI=1S/C18H21N3O3/c1-21-10-5-8-15(13-21)17(22)20-9-11-24-18(23)16(19)12-14-6-3-2-4-7-14/h2-8,10,13,16H,9,11-12,19H2,1H3/p+1/t16-/m0/s1. The third kappa shape index (κ3) is 5.48. The Labute approximate surface area is 141 Å². The molecule has 1 atom stereocenters. The number of benzene rings is 1. The van der Waals surface area contributed by atoms with E-state index in [1.54, 1.807) is 22.9 Å². The van der Waals surface area contributed by atoms with E-state index in [0.29, 0.717) is 12.0 Å². The molecule has 0 aliphatic carbocycles. The van der Waals surface area contributed by atoms with Gasteiger partial charge in [0.05, 0.1) is 6.54 Å². The van der Waals surface area contributed by atoms with Crippen molar-refractivity contribution in [2.75, 3.05) is 13.2 Å². The summed E-state index contributed by atoms with van der Waals surface area (Å²) in [7, 11) is 1.84. The lowest BCUT2D eigenvalue weighted by Crippen LogP contribution is -2.37. The Morgan fingerprint density at radius 3 is 2.67 bits per heavy atom. The Morgan fingerprint density at radius 1 is 1.21 bits per heavy atom. The largest absolute Gasteiger partial charge is 0.463 e. The topological polar surface area (TPSA) is 85.3 Å². The van der Waals surface area contributed by atoms with Crippen molar-refractivity contribution < 1.29 is 18.9 Å². The zero-order chi connectivity index (χ0) is 17.4. The molecule has 3 N–H and O–H groups in total. The van der Waals surface area contributed by atoms with E-state index in [-0.39, 0.29) is 19.1 Å². The number of rotatable bonds is 7. The summed E-state index contributed by atoms with van der Waals surface area (Å²) in [6.45, 7) is 0.327. The first kappa shape index (κ1) is 17.6. The summed E-state index contributed by atoms with van der Waals surface area (Å²) < 4.78 is 6.89. The van der Waals surface area contributed by atoms with Crippen molar-refractivity contribution in [1.82, 2.24) is 5.32 Å². The highest BCUT2D eigenvalue weighted by Gasteiger charge is 2.15. The highest BCUT2D eigenvalue weighted by atomic mass is 16.5. The fraction of sp³-hybridized carbons (Fsp3) is 0.278. The molecule has 1 aromatic heterocycles. The first-order valence-electron chi connectivity index (χ1n) is 7.76. The average molecular weight is 328 g/mol. The lowest BCUT2D eigenvalue weighted by Gasteiger charge is -2.12. The van der Waals surface area contributed by atoms with Crippen molar-refractivity contribution in [1.29, 1.82) is 0 Å². The van der Waals surface area contributed by atoms with Crippen LogP contribution in [0.3, 0.4) is 0 Å². The predicted molar refractivity (Wildman–Crippen MR) is 89.0 cm³/mol. The van der Waals surface area contributed by atoms with Gasteiger partial charge in [-0.2, -0.15) is 0 Å². The second kappa shape index (κ2) is 8.79. The van der Waals surface area contributed by atoms with Crippen LogP contribution in [0.5, 0.6) is 0 Å². The van der Waals surface area contributed by atoms with Gasteiger partial charge in [0, 0.05) is 6.07 Å². The molecule has 0 aliphatic heterocycles. The maximum absolute atomic E-state index is 11.9. The second-order valence-electron chi connectivity index (χ2n) is 5.48. The van der Waals surface area contributed by atoms with Gasteiger partial charge in [-0.05, 0) is 18.1 Å². The second-order valence-corrected chi connectivity index (χ2v) is 5.48. The Kier molecular flexibility index (Phi) is 6.45. The van der Waals surface area contributed by atoms with Gasteiger partial charge in [0.1, 0.15) is 25.3 Å². The number of nitrogens with one attached hydrogen (secondary N) is 1. The summed E-state index contributed by atoms with van der Waals surface area (Å²) in [5.74, 6) is -0.685. The van der Waals surface area contributed by atoms with E-state index in [1.165, 1.54) is 0 Å². The van der Waals surface area contributed by atoms with Crippen LogP contribution in [0.15, 0.2) is 54.9 Å². The molecule has 24 heavy (non-hydrogen) atoms. The van der Waals surface area contributed by atoms with Crippen molar-refractivity contribution >= 4 is 11.9 Å². The summed E-state index contributed by atoms with van der Waals surface area (Å²) in [5, 5.41) is 2.70. The molecule has 1 amide bonds. The first-order valence-corrected chi connectivity index (χ1v) is 7.76. The SMILES string of the molecule is C[n+]1cccc(C(=O)NCCOC(=O)[C@@H](N)Cc2ccccc2)c1. The van der Waals surface area contributed by atoms with Gasteiger partial charge in [0.15, 0.2) is 12.4 Å². The van der Waals surface area contributed by atoms with Crippen LogP contribution in [0.1, 0.15) is 15.9 Å². The third-order valence-electron chi connectivity index (χ3n) is 3.44. The van der Waals surface area contributed by atoms with Crippen molar-refractivity contribution in [3.63, 3.8) is 0 Å². The lowest BCUT2D eigenvalue weighted by molar-refractivity contribution is -0.671. The van der Waals surface area contributed by atoms with Gasteiger partial charge in [-0.1, -0.05) is 30.3 Å². The third-order valence-corrected chi connectivity index (χ3v) is 3.44. The van der Waals surface area contributed by atoms with Crippen LogP contribution in [-0.4, -0.2) is 31.1 Å². The molecule has 1 aromatic carbocycles. The van der Waals surface area contributed by atoms with E-state index in [2.05, 4.69) is 5.32 Å². The number of carbonyl (C=O) groups is 2. The average Bonchev–Trinajstić information content (AvgIpc) is 2.59. The minimum absolute atomic E-state index is 0.0893. The number of pyridine rings is 1. The Morgan fingerprint density at radius 2 is 1.96 bits per heavy atom. The van der Waals surface area contributed by atoms with E-state index < -0.39 is 12.0 Å². The number of esters is 1. The molecule has 0 aliphatic rings. The van der Waals surface area contributed by atoms with Gasteiger partial charge >= 0.3 is 5.97 Å². The van der Waals surface area contributed by atoms with Crippen molar-refractivity contribution in [2.45, 2.75) is 12.5 Å². The molecule has 2 rings (SSSR count). The molecule has 0 saturated heterocycles. The Hall–Kier alpha value is -2.73. The van der Waals surface area contributed by atoms with Crippen LogP contribution < -0.4 is 15.6 Å². The van der Waals surface area contributed by atoms with E-state index in [0.717, 1.165) is 5.56 Å². The zero-order valence-corrected chi connectivity index (χ0v) is 13.6. The number of hydrogen-bond acceptors (Lipinski definition) is 4. The van der Waals surface area contributed by atoms with Crippen LogP contribution >= 0.6 is 0 Å². The maximum atomic E-state index is 11.9. The number of nitrogens with zero attached hydrogens (tertiary/aromatic N) is 1. The molecule has 0 radical (unpaired) electrons. The van der Waals surface area contributed by atoms with Crippen LogP contribution in [0.2, 0.25) is 0 Å². The van der Waals surface area contributed by atoms with Crippen molar-refractivity contribution in [3.05, 3.63) is 66.0 Å². The molecule has 2 aromatic rings. The summed E-state index contributed by atoms with van der Waals surface area (Å²) in [6, 6.07) is 12.3. The van der Waals surface area contributed by atoms with Crippen LogP contribution in [0.4, 0.5) is 0 Å². The van der Waals surface area contributed by atoms with Gasteiger partial charge in [0.25, 0.3) is 5.91 Å². The number of nitrogens with two attached hydrogens (primary N) is 1. The summed E-state index contributed by atoms with van der Waals surface area (Å²) >= 11 is 0. The maximum Gasteiger partial charge on any atom is 0.323 e. The quantitative estimate of drug-likeness (QED) is 0.436. The monoisotopic (exact) mass is 328 g/mol. The molecular weight excluding hydrogens is 306 g/mol. The summed E-state index contributed by atoms with van der Waals surface area (Å²) in [6.07, 6.45) is 3.98. The highest BCUT2D eigenvalue weighted by molar-refractivity contribution is 5.93. The molecule has 6 nitrogen and oxygen atoms in total. The highest BCUT2D eigenvalue weighted by Crippen LogP contribution is 2.02. The first-order chi connectivity index (χ1) is 11.6. The minimum atomic E-state index is -0.712. The molecule has 0 fully saturated rings. The molecule has 6 heteroatoms. The van der Waals surface area contributed by atoms with E-state index in [9.17, 15) is 9.59 Å². The molecule has 0 unspecified atom stereocenters. The number of carbonyl (C=O) groups excluding carboxylic acids is 2. The fourth-order valence-electron chi connectivity index (χ4n) is 2.20. The fourth-order valence-corrected chi connectivity index (χ4v) is 2.20. The lowest BCUT2D eigenvalue weighted by atomic mass is 10.1. The van der Waals surface area contributed by atoms with Gasteiger partial charge < -0.3 is 15.8 Å². The van der Waals surface area contributed by atoms with Gasteiger partial charge in [-0.25, -0.2) is 4.57 Å². The molecule has 0 spiro atoms. The molecule has 0 saturated carbocycles. The summed E-state index contributed by atoms with van der Waals surface area (Å²) in [5.41, 5.74) is 7.36. The minimum Gasteiger partial charge on any atom is -0.463 e. The molecule has 0 bridgehead atoms. The smallest absolute Gasteiger partial charge is 0.323 e. The van der Waals surface area contributed by atoms with Crippen molar-refractivity contribution in [2.24, 2.45) is 12.8 Å². The van der Waals surface area contributed by atoms with E-state index in [4.69, 9.17) is 10.5 Å². The molecule has 126 valence electrons. The van der Waals surface area contributed by atoms with Crippen LogP contribution in [0, 0.1) is 0 Å². The summed E-state index contributed by atoms with van der Waals surface area (Å²) in [4.78, 5) is 23.8. The van der Waals surface area contributed by atoms with E-state index in [1.807, 2.05) is 43.6 Å².